The Morgan fingerprint density at radius 2 is 2.06 bits per heavy atom. The molecule has 0 atom stereocenters. The van der Waals surface area contributed by atoms with E-state index >= 15 is 0 Å². The van der Waals surface area contributed by atoms with Crippen LogP contribution in [0, 0.1) is 0 Å². The molecule has 0 radical (unpaired) electrons. The topological polar surface area (TPSA) is 18.5 Å². The van der Waals surface area contributed by atoms with Crippen molar-refractivity contribution in [2.45, 2.75) is 13.0 Å². The number of thiophene rings is 1. The number of likely N-dealkylation sites (N-methyl/N-ethyl adjacent to an activating group) is 1. The van der Waals surface area contributed by atoms with Crippen molar-refractivity contribution in [1.82, 2.24) is 10.2 Å². The minimum atomic E-state index is 1.13. The first-order valence-corrected chi connectivity index (χ1v) is 6.90. The Balaban J connectivity index is 1.80. The second-order valence-corrected chi connectivity index (χ2v) is 5.87. The van der Waals surface area contributed by atoms with E-state index in [1.807, 2.05) is 11.3 Å². The zero-order valence-electron chi connectivity index (χ0n) is 9.83. The van der Waals surface area contributed by atoms with Crippen LogP contribution in [0.25, 0.3) is 0 Å². The fourth-order valence-corrected chi connectivity index (χ4v) is 3.71. The molecule has 2 aliphatic rings. The molecule has 0 unspecified atom stereocenters. The van der Waals surface area contributed by atoms with Gasteiger partial charge in [-0.15, -0.1) is 11.3 Å². The predicted molar refractivity (Wildman–Crippen MR) is 69.4 cm³/mol. The van der Waals surface area contributed by atoms with Crippen molar-refractivity contribution < 1.29 is 0 Å². The van der Waals surface area contributed by atoms with Gasteiger partial charge in [0.15, 0.2) is 0 Å². The molecule has 3 rings (SSSR count). The number of hydrogen-bond donors (Lipinski definition) is 1. The molecule has 0 aromatic carbocycles. The quantitative estimate of drug-likeness (QED) is 0.790. The monoisotopic (exact) mass is 237 g/mol. The van der Waals surface area contributed by atoms with Crippen molar-refractivity contribution in [2.75, 3.05) is 44.7 Å². The molecule has 0 bridgehead atoms. The average molecular weight is 237 g/mol. The van der Waals surface area contributed by atoms with Crippen molar-refractivity contribution >= 4 is 16.3 Å². The minimum Gasteiger partial charge on any atom is -0.361 e. The summed E-state index contributed by atoms with van der Waals surface area (Å²) < 4.78 is 0. The van der Waals surface area contributed by atoms with Gasteiger partial charge in [0.1, 0.15) is 0 Å². The smallest absolute Gasteiger partial charge is 0.0915 e. The summed E-state index contributed by atoms with van der Waals surface area (Å²) in [6, 6.07) is 2.42. The molecular formula is C12H19N3S. The average Bonchev–Trinajstić information content (AvgIpc) is 2.73. The Morgan fingerprint density at radius 1 is 1.25 bits per heavy atom. The van der Waals surface area contributed by atoms with Crippen LogP contribution in [0.1, 0.15) is 10.4 Å². The van der Waals surface area contributed by atoms with Gasteiger partial charge in [0.2, 0.25) is 0 Å². The predicted octanol–water partition coefficient (Wildman–Crippen LogP) is 1.15. The summed E-state index contributed by atoms with van der Waals surface area (Å²) in [7, 11) is 2.21. The van der Waals surface area contributed by atoms with Crippen LogP contribution < -0.4 is 10.2 Å². The Bertz CT molecular complexity index is 368. The number of hydrogen-bond acceptors (Lipinski definition) is 4. The van der Waals surface area contributed by atoms with Gasteiger partial charge in [-0.05, 0) is 25.1 Å². The molecule has 3 heterocycles. The van der Waals surface area contributed by atoms with E-state index in [0.717, 1.165) is 32.7 Å². The fourth-order valence-electron chi connectivity index (χ4n) is 2.50. The molecule has 1 aromatic rings. The third-order valence-corrected chi connectivity index (χ3v) is 4.77. The van der Waals surface area contributed by atoms with E-state index in [9.17, 15) is 0 Å². The summed E-state index contributed by atoms with van der Waals surface area (Å²) in [5.74, 6) is 0. The van der Waals surface area contributed by atoms with Gasteiger partial charge in [-0.25, -0.2) is 0 Å². The second kappa shape index (κ2) is 4.35. The van der Waals surface area contributed by atoms with E-state index in [1.54, 1.807) is 10.4 Å². The molecule has 0 aliphatic carbocycles. The van der Waals surface area contributed by atoms with Crippen LogP contribution in [0.3, 0.4) is 0 Å². The Labute approximate surface area is 101 Å². The maximum atomic E-state index is 3.41. The molecular weight excluding hydrogens is 218 g/mol. The van der Waals surface area contributed by atoms with E-state index in [2.05, 4.69) is 28.2 Å². The SMILES string of the molecule is CN1CCc2sc(N3CCNCC3)cc2C1. The lowest BCUT2D eigenvalue weighted by Gasteiger charge is -2.27. The molecule has 0 spiro atoms. The van der Waals surface area contributed by atoms with Crippen LogP contribution in [0.15, 0.2) is 6.07 Å². The summed E-state index contributed by atoms with van der Waals surface area (Å²) >= 11 is 2.02. The van der Waals surface area contributed by atoms with Crippen molar-refractivity contribution in [3.8, 4) is 0 Å². The molecule has 3 nitrogen and oxygen atoms in total. The van der Waals surface area contributed by atoms with Crippen molar-refractivity contribution in [3.05, 3.63) is 16.5 Å². The van der Waals surface area contributed by atoms with Gasteiger partial charge >= 0.3 is 0 Å². The van der Waals surface area contributed by atoms with E-state index in [1.165, 1.54) is 18.0 Å². The molecule has 1 fully saturated rings. The Morgan fingerprint density at radius 3 is 2.88 bits per heavy atom. The van der Waals surface area contributed by atoms with Crippen LogP contribution >= 0.6 is 11.3 Å². The Hall–Kier alpha value is -0.580. The Kier molecular flexibility index (Phi) is 2.88. The van der Waals surface area contributed by atoms with E-state index in [4.69, 9.17) is 0 Å². The summed E-state index contributed by atoms with van der Waals surface area (Å²) in [5.41, 5.74) is 1.56. The van der Waals surface area contributed by atoms with Gasteiger partial charge in [0, 0.05) is 44.1 Å². The van der Waals surface area contributed by atoms with Gasteiger partial charge in [-0.1, -0.05) is 0 Å². The lowest BCUT2D eigenvalue weighted by molar-refractivity contribution is 0.315. The molecule has 1 saturated heterocycles. The summed E-state index contributed by atoms with van der Waals surface area (Å²) in [4.78, 5) is 6.56. The third-order valence-electron chi connectivity index (χ3n) is 3.47. The van der Waals surface area contributed by atoms with Crippen LogP contribution in [0.5, 0.6) is 0 Å². The first-order chi connectivity index (χ1) is 7.83. The summed E-state index contributed by atoms with van der Waals surface area (Å²) in [5, 5.41) is 4.90. The summed E-state index contributed by atoms with van der Waals surface area (Å²) in [6.45, 7) is 6.93. The molecule has 0 saturated carbocycles. The van der Waals surface area contributed by atoms with Gasteiger partial charge in [0.05, 0.1) is 5.00 Å². The minimum absolute atomic E-state index is 1.13. The van der Waals surface area contributed by atoms with Gasteiger partial charge < -0.3 is 15.1 Å². The highest BCUT2D eigenvalue weighted by atomic mass is 32.1. The lowest BCUT2D eigenvalue weighted by Crippen LogP contribution is -2.43. The first kappa shape index (κ1) is 10.6. The van der Waals surface area contributed by atoms with Gasteiger partial charge in [-0.2, -0.15) is 0 Å². The third kappa shape index (κ3) is 1.97. The maximum Gasteiger partial charge on any atom is 0.0915 e. The molecule has 16 heavy (non-hydrogen) atoms. The standard InChI is InChI=1S/C12H19N3S/c1-14-5-2-11-10(9-14)8-12(16-11)15-6-3-13-4-7-15/h8,13H,2-7,9H2,1H3. The molecule has 0 amide bonds. The number of anilines is 1. The van der Waals surface area contributed by atoms with Crippen LogP contribution in [0.4, 0.5) is 5.00 Å². The molecule has 1 aromatic heterocycles. The zero-order chi connectivity index (χ0) is 11.0. The van der Waals surface area contributed by atoms with Gasteiger partial charge in [0.25, 0.3) is 0 Å². The van der Waals surface area contributed by atoms with Crippen LogP contribution in [-0.2, 0) is 13.0 Å². The first-order valence-electron chi connectivity index (χ1n) is 6.09. The molecule has 4 heteroatoms. The second-order valence-electron chi connectivity index (χ2n) is 4.76. The van der Waals surface area contributed by atoms with E-state index in [0.29, 0.717) is 0 Å². The summed E-state index contributed by atoms with van der Waals surface area (Å²) in [6.07, 6.45) is 1.24. The largest absolute Gasteiger partial charge is 0.361 e. The molecule has 2 aliphatic heterocycles. The van der Waals surface area contributed by atoms with E-state index in [-0.39, 0.29) is 0 Å². The zero-order valence-corrected chi connectivity index (χ0v) is 10.6. The molecule has 88 valence electrons. The van der Waals surface area contributed by atoms with Crippen LogP contribution in [0.2, 0.25) is 0 Å². The highest BCUT2D eigenvalue weighted by Crippen LogP contribution is 2.33. The highest BCUT2D eigenvalue weighted by molar-refractivity contribution is 7.16. The van der Waals surface area contributed by atoms with E-state index < -0.39 is 0 Å². The van der Waals surface area contributed by atoms with Crippen molar-refractivity contribution in [2.24, 2.45) is 0 Å². The fraction of sp³-hybridized carbons (Fsp3) is 0.667. The number of fused-ring (bicyclic) bond motifs is 1. The number of nitrogens with zero attached hydrogens (tertiary/aromatic N) is 2. The highest BCUT2D eigenvalue weighted by Gasteiger charge is 2.19. The normalized spacial score (nSPS) is 22.2. The lowest BCUT2D eigenvalue weighted by atomic mass is 10.1. The number of piperazine rings is 1. The number of rotatable bonds is 1. The maximum absolute atomic E-state index is 3.41. The van der Waals surface area contributed by atoms with Crippen molar-refractivity contribution in [1.29, 1.82) is 0 Å². The number of nitrogens with one attached hydrogen (secondary N) is 1. The van der Waals surface area contributed by atoms with Gasteiger partial charge in [-0.3, -0.25) is 0 Å². The van der Waals surface area contributed by atoms with Crippen LogP contribution in [-0.4, -0.2) is 44.7 Å². The molecule has 1 N–H and O–H groups in total. The van der Waals surface area contributed by atoms with Crippen molar-refractivity contribution in [3.63, 3.8) is 0 Å².